The van der Waals surface area contributed by atoms with Crippen LogP contribution in [0.25, 0.3) is 0 Å². The molecule has 1 heterocycles. The minimum atomic E-state index is 0.0405. The van der Waals surface area contributed by atoms with E-state index in [-0.39, 0.29) is 5.91 Å². The van der Waals surface area contributed by atoms with Crippen molar-refractivity contribution < 1.29 is 14.3 Å². The van der Waals surface area contributed by atoms with Gasteiger partial charge < -0.3 is 19.7 Å². The summed E-state index contributed by atoms with van der Waals surface area (Å²) in [7, 11) is 3.22. The van der Waals surface area contributed by atoms with Crippen LogP contribution in [0, 0.1) is 6.92 Å². The molecule has 6 heteroatoms. The summed E-state index contributed by atoms with van der Waals surface area (Å²) in [6.45, 7) is 6.66. The summed E-state index contributed by atoms with van der Waals surface area (Å²) in [5.74, 6) is 1.39. The molecule has 0 spiro atoms. The first kappa shape index (κ1) is 20.0. The molecule has 0 saturated carbocycles. The van der Waals surface area contributed by atoms with E-state index in [9.17, 15) is 4.79 Å². The third-order valence-electron chi connectivity index (χ3n) is 5.04. The van der Waals surface area contributed by atoms with Crippen LogP contribution in [-0.4, -0.2) is 57.8 Å². The van der Waals surface area contributed by atoms with Crippen molar-refractivity contribution in [1.82, 2.24) is 10.2 Å². The molecule has 1 aliphatic heterocycles. The summed E-state index contributed by atoms with van der Waals surface area (Å²) in [6.07, 6.45) is 0. The lowest BCUT2D eigenvalue weighted by atomic mass is 10.2. The first-order valence-corrected chi connectivity index (χ1v) is 9.60. The molecule has 1 saturated heterocycles. The van der Waals surface area contributed by atoms with E-state index in [0.29, 0.717) is 24.6 Å². The first-order valence-electron chi connectivity index (χ1n) is 9.60. The van der Waals surface area contributed by atoms with E-state index in [4.69, 9.17) is 9.47 Å². The van der Waals surface area contributed by atoms with Crippen molar-refractivity contribution >= 4 is 11.6 Å². The fourth-order valence-corrected chi connectivity index (χ4v) is 3.44. The molecule has 0 bridgehead atoms. The number of amides is 1. The van der Waals surface area contributed by atoms with E-state index in [0.717, 1.165) is 31.7 Å². The van der Waals surface area contributed by atoms with Crippen LogP contribution >= 0.6 is 0 Å². The molecule has 28 heavy (non-hydrogen) atoms. The summed E-state index contributed by atoms with van der Waals surface area (Å²) in [4.78, 5) is 16.9. The highest BCUT2D eigenvalue weighted by Gasteiger charge is 2.19. The smallest absolute Gasteiger partial charge is 0.234 e. The molecule has 1 amide bonds. The van der Waals surface area contributed by atoms with Gasteiger partial charge in [-0.1, -0.05) is 18.2 Å². The van der Waals surface area contributed by atoms with Gasteiger partial charge in [0.2, 0.25) is 5.91 Å². The molecule has 1 aliphatic rings. The number of nitrogens with one attached hydrogen (secondary N) is 1. The van der Waals surface area contributed by atoms with Gasteiger partial charge in [-0.3, -0.25) is 9.69 Å². The van der Waals surface area contributed by atoms with Crippen molar-refractivity contribution in [2.45, 2.75) is 13.5 Å². The Balaban J connectivity index is 1.45. The fraction of sp³-hybridized carbons (Fsp3) is 0.409. The number of methoxy groups -OCH3 is 2. The molecule has 6 nitrogen and oxygen atoms in total. The van der Waals surface area contributed by atoms with Gasteiger partial charge in [-0.25, -0.2) is 0 Å². The van der Waals surface area contributed by atoms with Gasteiger partial charge in [-0.2, -0.15) is 0 Å². The zero-order valence-corrected chi connectivity index (χ0v) is 16.9. The molecule has 0 radical (unpaired) electrons. The molecule has 150 valence electrons. The largest absolute Gasteiger partial charge is 0.493 e. The SMILES string of the molecule is COc1ccc(CNC(=O)CN2CCN(c3cccc(C)c3)CC2)cc1OC. The van der Waals surface area contributed by atoms with Gasteiger partial charge in [-0.05, 0) is 42.3 Å². The Morgan fingerprint density at radius 2 is 1.75 bits per heavy atom. The highest BCUT2D eigenvalue weighted by atomic mass is 16.5. The summed E-state index contributed by atoms with van der Waals surface area (Å²) in [5, 5.41) is 2.99. The summed E-state index contributed by atoms with van der Waals surface area (Å²) in [6, 6.07) is 14.2. The zero-order valence-electron chi connectivity index (χ0n) is 16.9. The van der Waals surface area contributed by atoms with Gasteiger partial charge in [0, 0.05) is 38.4 Å². The Morgan fingerprint density at radius 3 is 2.43 bits per heavy atom. The number of piperazine rings is 1. The monoisotopic (exact) mass is 383 g/mol. The molecule has 0 unspecified atom stereocenters. The average Bonchev–Trinajstić information content (AvgIpc) is 2.72. The Hall–Kier alpha value is -2.73. The number of rotatable bonds is 7. The predicted molar refractivity (Wildman–Crippen MR) is 111 cm³/mol. The van der Waals surface area contributed by atoms with Crippen LogP contribution in [0.5, 0.6) is 11.5 Å². The number of carbonyl (C=O) groups is 1. The van der Waals surface area contributed by atoms with Crippen molar-refractivity contribution in [1.29, 1.82) is 0 Å². The maximum Gasteiger partial charge on any atom is 0.234 e. The van der Waals surface area contributed by atoms with Crippen LogP contribution in [-0.2, 0) is 11.3 Å². The van der Waals surface area contributed by atoms with Crippen LogP contribution in [0.2, 0.25) is 0 Å². The normalized spacial score (nSPS) is 14.6. The highest BCUT2D eigenvalue weighted by molar-refractivity contribution is 5.78. The van der Waals surface area contributed by atoms with Gasteiger partial charge >= 0.3 is 0 Å². The molecule has 0 aromatic heterocycles. The highest BCUT2D eigenvalue weighted by Crippen LogP contribution is 2.27. The molecule has 3 rings (SSSR count). The minimum Gasteiger partial charge on any atom is -0.493 e. The van der Waals surface area contributed by atoms with Crippen molar-refractivity contribution in [3.05, 3.63) is 53.6 Å². The van der Waals surface area contributed by atoms with Crippen LogP contribution in [0.15, 0.2) is 42.5 Å². The number of hydrogen-bond donors (Lipinski definition) is 1. The lowest BCUT2D eigenvalue weighted by molar-refractivity contribution is -0.122. The van der Waals surface area contributed by atoms with E-state index in [1.807, 2.05) is 18.2 Å². The van der Waals surface area contributed by atoms with Gasteiger partial charge in [0.05, 0.1) is 20.8 Å². The number of ether oxygens (including phenoxy) is 2. The molecular weight excluding hydrogens is 354 g/mol. The maximum atomic E-state index is 12.3. The number of aryl methyl sites for hydroxylation is 1. The summed E-state index contributed by atoms with van der Waals surface area (Å²) >= 11 is 0. The van der Waals surface area contributed by atoms with E-state index in [1.165, 1.54) is 11.3 Å². The number of anilines is 1. The Morgan fingerprint density at radius 1 is 1.00 bits per heavy atom. The fourth-order valence-electron chi connectivity index (χ4n) is 3.44. The van der Waals surface area contributed by atoms with Crippen molar-refractivity contribution in [2.24, 2.45) is 0 Å². The van der Waals surface area contributed by atoms with Crippen LogP contribution < -0.4 is 19.7 Å². The Kier molecular flexibility index (Phi) is 6.76. The minimum absolute atomic E-state index is 0.0405. The number of hydrogen-bond acceptors (Lipinski definition) is 5. The van der Waals surface area contributed by atoms with E-state index < -0.39 is 0 Å². The molecule has 1 N–H and O–H groups in total. The van der Waals surface area contributed by atoms with Crippen molar-refractivity contribution in [3.8, 4) is 11.5 Å². The molecule has 0 atom stereocenters. The standard InChI is InChI=1S/C22H29N3O3/c1-17-5-4-6-19(13-17)25-11-9-24(10-12-25)16-22(26)23-15-18-7-8-20(27-2)21(14-18)28-3/h4-8,13-14H,9-12,15-16H2,1-3H3,(H,23,26). The number of benzene rings is 2. The quantitative estimate of drug-likeness (QED) is 0.796. The van der Waals surface area contributed by atoms with Crippen LogP contribution in [0.3, 0.4) is 0 Å². The average molecular weight is 383 g/mol. The Bertz CT molecular complexity index is 801. The second kappa shape index (κ2) is 9.46. The summed E-state index contributed by atoms with van der Waals surface area (Å²) < 4.78 is 10.5. The predicted octanol–water partition coefficient (Wildman–Crippen LogP) is 2.45. The topological polar surface area (TPSA) is 54.0 Å². The first-order chi connectivity index (χ1) is 13.6. The zero-order chi connectivity index (χ0) is 19.9. The van der Waals surface area contributed by atoms with Gasteiger partial charge in [0.1, 0.15) is 0 Å². The van der Waals surface area contributed by atoms with Crippen molar-refractivity contribution in [2.75, 3.05) is 51.8 Å². The number of nitrogens with zero attached hydrogens (tertiary/aromatic N) is 2. The van der Waals surface area contributed by atoms with Crippen LogP contribution in [0.4, 0.5) is 5.69 Å². The third-order valence-corrected chi connectivity index (χ3v) is 5.04. The lowest BCUT2D eigenvalue weighted by Crippen LogP contribution is -2.49. The molecule has 0 aliphatic carbocycles. The second-order valence-corrected chi connectivity index (χ2v) is 7.07. The van der Waals surface area contributed by atoms with Crippen LogP contribution in [0.1, 0.15) is 11.1 Å². The number of carbonyl (C=O) groups excluding carboxylic acids is 1. The Labute approximate surface area is 167 Å². The molecule has 1 fully saturated rings. The van der Waals surface area contributed by atoms with Gasteiger partial charge in [0.25, 0.3) is 0 Å². The van der Waals surface area contributed by atoms with E-state index in [1.54, 1.807) is 14.2 Å². The molecule has 2 aromatic rings. The second-order valence-electron chi connectivity index (χ2n) is 7.07. The maximum absolute atomic E-state index is 12.3. The lowest BCUT2D eigenvalue weighted by Gasteiger charge is -2.35. The van der Waals surface area contributed by atoms with E-state index >= 15 is 0 Å². The molecular formula is C22H29N3O3. The van der Waals surface area contributed by atoms with Gasteiger partial charge in [-0.15, -0.1) is 0 Å². The third kappa shape index (κ3) is 5.16. The van der Waals surface area contributed by atoms with Gasteiger partial charge in [0.15, 0.2) is 11.5 Å². The molecule has 2 aromatic carbocycles. The van der Waals surface area contributed by atoms with E-state index in [2.05, 4.69) is 46.3 Å². The summed E-state index contributed by atoms with van der Waals surface area (Å²) in [5.41, 5.74) is 3.52. The van der Waals surface area contributed by atoms with Crippen molar-refractivity contribution in [3.63, 3.8) is 0 Å².